The van der Waals surface area contributed by atoms with Crippen LogP contribution in [0.1, 0.15) is 50.7 Å². The van der Waals surface area contributed by atoms with E-state index in [-0.39, 0.29) is 18.3 Å². The molecule has 1 aromatic heterocycles. The Balaban J connectivity index is 1.61. The maximum atomic E-state index is 12.8. The highest BCUT2D eigenvalue weighted by Gasteiger charge is 2.71. The minimum Gasteiger partial charge on any atom is -0.487 e. The molecule has 1 atom stereocenters. The fourth-order valence-corrected chi connectivity index (χ4v) is 5.41. The monoisotopic (exact) mass is 528 g/mol. The molecular formula is C26H29ClN4O6. The molecule has 0 saturated carbocycles. The van der Waals surface area contributed by atoms with Crippen LogP contribution in [-0.2, 0) is 15.0 Å². The average Bonchev–Trinajstić information content (AvgIpc) is 3.16. The predicted octanol–water partition coefficient (Wildman–Crippen LogP) is 4.53. The second-order valence-corrected chi connectivity index (χ2v) is 11.5. The molecule has 3 aliphatic heterocycles. The van der Waals surface area contributed by atoms with E-state index < -0.39 is 34.1 Å². The Morgan fingerprint density at radius 3 is 2.43 bits per heavy atom. The summed E-state index contributed by atoms with van der Waals surface area (Å²) in [6, 6.07) is 8.48. The van der Waals surface area contributed by atoms with Crippen LogP contribution in [0.15, 0.2) is 41.5 Å². The molecule has 196 valence electrons. The van der Waals surface area contributed by atoms with Gasteiger partial charge in [-0.3, -0.25) is 4.79 Å². The molecule has 1 aromatic carbocycles. The second kappa shape index (κ2) is 8.32. The molecule has 1 saturated heterocycles. The lowest BCUT2D eigenvalue weighted by Crippen LogP contribution is -2.71. The number of fused-ring (bicyclic) bond motifs is 3. The van der Waals surface area contributed by atoms with Crippen molar-refractivity contribution in [1.82, 2.24) is 9.88 Å². The Labute approximate surface area is 219 Å². The minimum absolute atomic E-state index is 0.0229. The van der Waals surface area contributed by atoms with Gasteiger partial charge >= 0.3 is 6.09 Å². The van der Waals surface area contributed by atoms with E-state index in [2.05, 4.69) is 10.3 Å². The first-order valence-electron chi connectivity index (χ1n) is 11.9. The summed E-state index contributed by atoms with van der Waals surface area (Å²) in [7, 11) is 0. The maximum Gasteiger partial charge on any atom is 0.415 e. The van der Waals surface area contributed by atoms with Crippen LogP contribution in [0.2, 0.25) is 5.02 Å². The third kappa shape index (κ3) is 3.81. The number of ether oxygens (including phenoxy) is 3. The molecule has 0 radical (unpaired) electrons. The topological polar surface area (TPSA) is 123 Å². The number of aromatic nitrogens is 1. The third-order valence-corrected chi connectivity index (χ3v) is 7.62. The second-order valence-electron chi connectivity index (χ2n) is 11.0. The smallest absolute Gasteiger partial charge is 0.415 e. The number of carbonyl (C=O) groups excluding carboxylic acids is 1. The highest BCUT2D eigenvalue weighted by atomic mass is 35.5. The zero-order chi connectivity index (χ0) is 26.8. The number of halogens is 1. The van der Waals surface area contributed by atoms with Gasteiger partial charge in [0.1, 0.15) is 29.2 Å². The normalized spacial score (nSPS) is 22.8. The molecule has 0 aliphatic carbocycles. The number of amides is 2. The lowest BCUT2D eigenvalue weighted by atomic mass is 9.55. The van der Waals surface area contributed by atoms with E-state index in [1.165, 1.54) is 12.3 Å². The summed E-state index contributed by atoms with van der Waals surface area (Å²) < 4.78 is 18.2. The van der Waals surface area contributed by atoms with Gasteiger partial charge in [0.25, 0.3) is 11.9 Å². The molecule has 2 amide bonds. The molecule has 5 rings (SSSR count). The Morgan fingerprint density at radius 1 is 1.14 bits per heavy atom. The van der Waals surface area contributed by atoms with E-state index in [1.807, 2.05) is 13.8 Å². The quantitative estimate of drug-likeness (QED) is 0.586. The first-order chi connectivity index (χ1) is 17.3. The molecule has 4 heterocycles. The van der Waals surface area contributed by atoms with E-state index in [9.17, 15) is 14.7 Å². The molecule has 1 fully saturated rings. The van der Waals surface area contributed by atoms with Gasteiger partial charge in [0.05, 0.1) is 23.7 Å². The lowest BCUT2D eigenvalue weighted by Gasteiger charge is -2.61. The summed E-state index contributed by atoms with van der Waals surface area (Å²) in [5, 5.41) is 13.3. The summed E-state index contributed by atoms with van der Waals surface area (Å²) in [5.41, 5.74) is -1.71. The van der Waals surface area contributed by atoms with Gasteiger partial charge in [-0.25, -0.2) is 19.7 Å². The number of nitrogens with zero attached hydrogens (tertiary/aromatic N) is 3. The van der Waals surface area contributed by atoms with Crippen molar-refractivity contribution in [2.24, 2.45) is 10.4 Å². The van der Waals surface area contributed by atoms with Gasteiger partial charge in [-0.15, -0.1) is 0 Å². The predicted molar refractivity (Wildman–Crippen MR) is 136 cm³/mol. The lowest BCUT2D eigenvalue weighted by molar-refractivity contribution is -0.247. The van der Waals surface area contributed by atoms with Crippen LogP contribution in [0.25, 0.3) is 0 Å². The Hall–Kier alpha value is -3.37. The fraction of sp³-hybridized carbons (Fsp3) is 0.462. The van der Waals surface area contributed by atoms with Gasteiger partial charge in [0.2, 0.25) is 0 Å². The molecule has 0 bridgehead atoms. The molecule has 37 heavy (non-hydrogen) atoms. The summed E-state index contributed by atoms with van der Waals surface area (Å²) in [6.45, 7) is 10.1. The first kappa shape index (κ1) is 25.3. The van der Waals surface area contributed by atoms with Crippen molar-refractivity contribution in [1.29, 1.82) is 0 Å². The molecule has 2 spiro atoms. The van der Waals surface area contributed by atoms with Gasteiger partial charge in [-0.05, 0) is 65.0 Å². The molecular weight excluding hydrogens is 500 g/mol. The van der Waals surface area contributed by atoms with Crippen LogP contribution in [-0.4, -0.2) is 64.0 Å². The van der Waals surface area contributed by atoms with Crippen molar-refractivity contribution >= 4 is 35.3 Å². The van der Waals surface area contributed by atoms with Crippen LogP contribution in [0, 0.1) is 5.41 Å². The number of nitrogens with one attached hydrogen (secondary N) is 1. The van der Waals surface area contributed by atoms with Gasteiger partial charge < -0.3 is 24.6 Å². The van der Waals surface area contributed by atoms with E-state index >= 15 is 0 Å². The third-order valence-electron chi connectivity index (χ3n) is 7.40. The number of hydrogen-bond acceptors (Lipinski definition) is 7. The molecule has 0 unspecified atom stereocenters. The number of carbonyl (C=O) groups is 2. The zero-order valence-electron chi connectivity index (χ0n) is 21.3. The Kier molecular flexibility index (Phi) is 5.69. The van der Waals surface area contributed by atoms with Crippen molar-refractivity contribution in [3.63, 3.8) is 0 Å². The SMILES string of the molecule is CC(C)(C)N(C(=O)O)C1=N[C@@]2(CO1)c1cc(NC(=O)c3ccc(Cl)cn3)ccc1OC(C)(C)C21COC1. The molecule has 11 heteroatoms. The molecule has 10 nitrogen and oxygen atoms in total. The summed E-state index contributed by atoms with van der Waals surface area (Å²) in [6.07, 6.45) is 0.245. The number of amidine groups is 1. The van der Waals surface area contributed by atoms with Crippen LogP contribution in [0.3, 0.4) is 0 Å². The number of pyridine rings is 1. The standard InChI is InChI=1S/C26H29ClN4O6/c1-23(2,3)31(22(33)34)21-30-26(14-36-21)17-10-16(29-20(32)18-8-6-15(27)11-28-18)7-9-19(17)37-24(4,5)25(26)12-35-13-25/h6-11H,12-14H2,1-5H3,(H,29,32)(H,33,34)/t26-/m0/s1. The van der Waals surface area contributed by atoms with Crippen molar-refractivity contribution in [3.05, 3.63) is 52.8 Å². The van der Waals surface area contributed by atoms with Crippen LogP contribution >= 0.6 is 11.6 Å². The summed E-state index contributed by atoms with van der Waals surface area (Å²) in [5.74, 6) is 0.178. The van der Waals surface area contributed by atoms with E-state index in [0.29, 0.717) is 35.2 Å². The number of carboxylic acid groups (broad SMARTS) is 1. The van der Waals surface area contributed by atoms with Gasteiger partial charge in [0.15, 0.2) is 0 Å². The van der Waals surface area contributed by atoms with Crippen LogP contribution < -0.4 is 10.1 Å². The summed E-state index contributed by atoms with van der Waals surface area (Å²) >= 11 is 5.89. The number of hydrogen-bond donors (Lipinski definition) is 2. The first-order valence-corrected chi connectivity index (χ1v) is 12.3. The largest absolute Gasteiger partial charge is 0.487 e. The number of anilines is 1. The summed E-state index contributed by atoms with van der Waals surface area (Å²) in [4.78, 5) is 35.3. The molecule has 2 N–H and O–H groups in total. The number of aliphatic imine (C=N–C) groups is 1. The highest BCUT2D eigenvalue weighted by molar-refractivity contribution is 6.30. The van der Waals surface area contributed by atoms with Crippen molar-refractivity contribution < 1.29 is 28.9 Å². The highest BCUT2D eigenvalue weighted by Crippen LogP contribution is 2.62. The van der Waals surface area contributed by atoms with Crippen molar-refractivity contribution in [2.45, 2.75) is 51.3 Å². The van der Waals surface area contributed by atoms with E-state index in [0.717, 1.165) is 4.90 Å². The van der Waals surface area contributed by atoms with Crippen molar-refractivity contribution in [3.8, 4) is 5.75 Å². The number of rotatable bonds is 2. The zero-order valence-corrected chi connectivity index (χ0v) is 22.0. The minimum atomic E-state index is -1.16. The van der Waals surface area contributed by atoms with E-state index in [1.54, 1.807) is 45.0 Å². The van der Waals surface area contributed by atoms with Gasteiger partial charge in [0, 0.05) is 23.0 Å². The van der Waals surface area contributed by atoms with Crippen molar-refractivity contribution in [2.75, 3.05) is 25.1 Å². The fourth-order valence-electron chi connectivity index (χ4n) is 5.30. The van der Waals surface area contributed by atoms with E-state index in [4.69, 9.17) is 30.8 Å². The van der Waals surface area contributed by atoms with Gasteiger partial charge in [-0.2, -0.15) is 0 Å². The van der Waals surface area contributed by atoms with Gasteiger partial charge in [-0.1, -0.05) is 11.6 Å². The molecule has 2 aromatic rings. The van der Waals surface area contributed by atoms with Crippen LogP contribution in [0.4, 0.5) is 10.5 Å². The Morgan fingerprint density at radius 2 is 1.86 bits per heavy atom. The number of benzene rings is 1. The maximum absolute atomic E-state index is 12.8. The molecule has 3 aliphatic rings. The van der Waals surface area contributed by atoms with Crippen LogP contribution in [0.5, 0.6) is 5.75 Å². The Bertz CT molecular complexity index is 1300. The average molecular weight is 529 g/mol.